The molecule has 116 valence electrons. The van der Waals surface area contributed by atoms with Crippen LogP contribution in [0, 0.1) is 13.8 Å². The second kappa shape index (κ2) is 5.33. The van der Waals surface area contributed by atoms with Crippen LogP contribution in [0.5, 0.6) is 0 Å². The summed E-state index contributed by atoms with van der Waals surface area (Å²) in [6.45, 7) is 3.82. The fraction of sp³-hybridized carbons (Fsp3) is 0.133. The number of aromatic nitrogens is 4. The van der Waals surface area contributed by atoms with Crippen LogP contribution < -0.4 is 4.52 Å². The maximum absolute atomic E-state index is 6.26. The topological polar surface area (TPSA) is 58.8 Å². The van der Waals surface area contributed by atoms with Crippen LogP contribution >= 0.6 is 34.5 Å². The molecule has 0 aliphatic heterocycles. The first kappa shape index (κ1) is 14.7. The van der Waals surface area contributed by atoms with Crippen molar-refractivity contribution in [3.8, 4) is 21.9 Å². The van der Waals surface area contributed by atoms with Gasteiger partial charge in [0.2, 0.25) is 0 Å². The Labute approximate surface area is 145 Å². The Morgan fingerprint density at radius 2 is 2.00 bits per heavy atom. The number of furan rings is 1. The fourth-order valence-electron chi connectivity index (χ4n) is 2.37. The van der Waals surface area contributed by atoms with E-state index in [1.165, 1.54) is 11.3 Å². The highest BCUT2D eigenvalue weighted by molar-refractivity contribution is 7.19. The lowest BCUT2D eigenvalue weighted by atomic mass is 10.1. The van der Waals surface area contributed by atoms with Crippen molar-refractivity contribution in [2.75, 3.05) is 0 Å². The fourth-order valence-corrected chi connectivity index (χ4v) is 3.72. The summed E-state index contributed by atoms with van der Waals surface area (Å²) in [7, 11) is 0. The van der Waals surface area contributed by atoms with Crippen LogP contribution in [0.2, 0.25) is 10.0 Å². The van der Waals surface area contributed by atoms with Crippen molar-refractivity contribution in [2.24, 2.45) is 0 Å². The minimum absolute atomic E-state index is 0.592. The molecule has 3 heterocycles. The Hall–Kier alpha value is -1.89. The molecule has 8 heteroatoms. The molecule has 0 radical (unpaired) electrons. The first-order valence-corrected chi connectivity index (χ1v) is 8.40. The highest BCUT2D eigenvalue weighted by Crippen LogP contribution is 2.37. The van der Waals surface area contributed by atoms with E-state index in [0.29, 0.717) is 15.8 Å². The molecule has 4 rings (SSSR count). The predicted octanol–water partition coefficient (Wildman–Crippen LogP) is 4.46. The SMILES string of the molecule is Cc1oc(-c2cc(Cl)ccc2Cl)cc1-c1n[n+]2c(C)[nH]nc2s1. The van der Waals surface area contributed by atoms with Gasteiger partial charge in [-0.3, -0.25) is 0 Å². The molecule has 0 bridgehead atoms. The molecule has 0 aliphatic carbocycles. The summed E-state index contributed by atoms with van der Waals surface area (Å²) in [6.07, 6.45) is 0. The number of H-pyrrole nitrogens is 1. The summed E-state index contributed by atoms with van der Waals surface area (Å²) >= 11 is 13.8. The van der Waals surface area contributed by atoms with Crippen LogP contribution in [0.15, 0.2) is 28.7 Å². The Balaban J connectivity index is 1.84. The van der Waals surface area contributed by atoms with Crippen molar-refractivity contribution < 1.29 is 8.93 Å². The third-order valence-corrected chi connectivity index (χ3v) is 5.04. The molecule has 0 fully saturated rings. The first-order valence-electron chi connectivity index (χ1n) is 6.83. The number of aryl methyl sites for hydroxylation is 2. The number of hydrogen-bond donors (Lipinski definition) is 1. The van der Waals surface area contributed by atoms with Gasteiger partial charge < -0.3 is 4.42 Å². The third kappa shape index (κ3) is 2.43. The summed E-state index contributed by atoms with van der Waals surface area (Å²) in [5.41, 5.74) is 1.69. The van der Waals surface area contributed by atoms with Crippen molar-refractivity contribution in [2.45, 2.75) is 13.8 Å². The third-order valence-electron chi connectivity index (χ3n) is 3.53. The van der Waals surface area contributed by atoms with Crippen molar-refractivity contribution in [3.05, 3.63) is 45.9 Å². The second-order valence-electron chi connectivity index (χ2n) is 5.12. The van der Waals surface area contributed by atoms with E-state index in [0.717, 1.165) is 32.7 Å². The number of benzene rings is 1. The molecule has 0 spiro atoms. The van der Waals surface area contributed by atoms with E-state index in [1.807, 2.05) is 19.9 Å². The van der Waals surface area contributed by atoms with E-state index < -0.39 is 0 Å². The smallest absolute Gasteiger partial charge is 0.384 e. The van der Waals surface area contributed by atoms with Gasteiger partial charge in [-0.05, 0) is 42.5 Å². The maximum Gasteiger partial charge on any atom is 0.384 e. The van der Waals surface area contributed by atoms with E-state index in [-0.39, 0.29) is 0 Å². The van der Waals surface area contributed by atoms with Gasteiger partial charge in [-0.1, -0.05) is 32.8 Å². The minimum Gasteiger partial charge on any atom is -0.461 e. The number of nitrogens with zero attached hydrogens (tertiary/aromatic N) is 3. The summed E-state index contributed by atoms with van der Waals surface area (Å²) < 4.78 is 7.66. The largest absolute Gasteiger partial charge is 0.461 e. The van der Waals surface area contributed by atoms with Gasteiger partial charge in [0.1, 0.15) is 11.5 Å². The maximum atomic E-state index is 6.26. The molecule has 5 nitrogen and oxygen atoms in total. The molecule has 0 saturated heterocycles. The quantitative estimate of drug-likeness (QED) is 0.533. The molecule has 3 aromatic heterocycles. The molecule has 1 aromatic carbocycles. The Bertz CT molecular complexity index is 1030. The number of fused-ring (bicyclic) bond motifs is 1. The number of rotatable bonds is 2. The molecular formula is C15H11Cl2N4OS+. The molecule has 0 saturated carbocycles. The Morgan fingerprint density at radius 1 is 1.17 bits per heavy atom. The van der Waals surface area contributed by atoms with Crippen LogP contribution in [0.3, 0.4) is 0 Å². The van der Waals surface area contributed by atoms with Crippen LogP contribution in [0.25, 0.3) is 26.9 Å². The van der Waals surface area contributed by atoms with Gasteiger partial charge >= 0.3 is 4.96 Å². The van der Waals surface area contributed by atoms with Crippen molar-refractivity contribution >= 4 is 39.5 Å². The molecule has 0 unspecified atom stereocenters. The lowest BCUT2D eigenvalue weighted by Gasteiger charge is -2.00. The van der Waals surface area contributed by atoms with E-state index in [9.17, 15) is 0 Å². The average molecular weight is 366 g/mol. The van der Waals surface area contributed by atoms with E-state index in [4.69, 9.17) is 27.6 Å². The van der Waals surface area contributed by atoms with Crippen molar-refractivity contribution in [3.63, 3.8) is 0 Å². The zero-order valence-corrected chi connectivity index (χ0v) is 14.6. The molecule has 1 N–H and O–H groups in total. The van der Waals surface area contributed by atoms with Crippen molar-refractivity contribution in [1.29, 1.82) is 0 Å². The summed E-state index contributed by atoms with van der Waals surface area (Å²) in [6, 6.07) is 7.23. The van der Waals surface area contributed by atoms with E-state index >= 15 is 0 Å². The number of aromatic amines is 1. The standard InChI is InChI=1S/C15H10Cl2N4OS/c1-7-10(14-20-21-8(2)18-19-15(21)23-14)6-13(22-7)11-5-9(16)3-4-12(11)17/h3-6H,1-2H3/p+1. The summed E-state index contributed by atoms with van der Waals surface area (Å²) in [5.74, 6) is 2.32. The molecule has 4 aromatic rings. The van der Waals surface area contributed by atoms with Gasteiger partial charge in [0.05, 0.1) is 15.7 Å². The first-order chi connectivity index (χ1) is 11.0. The highest BCUT2D eigenvalue weighted by Gasteiger charge is 2.21. The number of hydrogen-bond acceptors (Lipinski definition) is 4. The number of halogens is 2. The van der Waals surface area contributed by atoms with E-state index in [2.05, 4.69) is 15.3 Å². The second-order valence-corrected chi connectivity index (χ2v) is 6.91. The zero-order chi connectivity index (χ0) is 16.1. The molecule has 0 amide bonds. The highest BCUT2D eigenvalue weighted by atomic mass is 35.5. The molecule has 23 heavy (non-hydrogen) atoms. The summed E-state index contributed by atoms with van der Waals surface area (Å²) in [4.78, 5) is 0.806. The van der Waals surface area contributed by atoms with Crippen LogP contribution in [0.4, 0.5) is 0 Å². The van der Waals surface area contributed by atoms with E-state index in [1.54, 1.807) is 22.7 Å². The van der Waals surface area contributed by atoms with Gasteiger partial charge in [-0.15, -0.1) is 5.10 Å². The van der Waals surface area contributed by atoms with Crippen LogP contribution in [-0.4, -0.2) is 15.3 Å². The molecular weight excluding hydrogens is 355 g/mol. The van der Waals surface area contributed by atoms with Gasteiger partial charge in [0, 0.05) is 17.5 Å². The zero-order valence-electron chi connectivity index (χ0n) is 12.2. The predicted molar refractivity (Wildman–Crippen MR) is 90.1 cm³/mol. The lowest BCUT2D eigenvalue weighted by molar-refractivity contribution is -0.582. The average Bonchev–Trinajstić information content (AvgIpc) is 3.18. The van der Waals surface area contributed by atoms with Crippen LogP contribution in [-0.2, 0) is 0 Å². The van der Waals surface area contributed by atoms with Crippen molar-refractivity contribution in [1.82, 2.24) is 15.3 Å². The summed E-state index contributed by atoms with van der Waals surface area (Å²) in [5, 5.41) is 13.7. The van der Waals surface area contributed by atoms with Gasteiger partial charge in [-0.2, -0.15) is 0 Å². The lowest BCUT2D eigenvalue weighted by Crippen LogP contribution is -2.24. The monoisotopic (exact) mass is 365 g/mol. The Kier molecular flexibility index (Phi) is 3.41. The van der Waals surface area contributed by atoms with Gasteiger partial charge in [0.25, 0.3) is 5.82 Å². The molecule has 0 aliphatic rings. The Morgan fingerprint density at radius 3 is 2.78 bits per heavy atom. The van der Waals surface area contributed by atoms with Gasteiger partial charge in [-0.25, -0.2) is 0 Å². The van der Waals surface area contributed by atoms with Gasteiger partial charge in [0.15, 0.2) is 5.01 Å². The normalized spacial score (nSPS) is 11.5. The number of nitrogens with one attached hydrogen (secondary N) is 1. The minimum atomic E-state index is 0.592. The van der Waals surface area contributed by atoms with Crippen LogP contribution in [0.1, 0.15) is 11.6 Å². The molecule has 0 atom stereocenters.